The SMILES string of the molecule is CC(C)Nc1ccc(C(=O)N(Cc2ccccc2)C(C)C)nc1. The Balaban J connectivity index is 2.14. The zero-order valence-electron chi connectivity index (χ0n) is 14.3. The number of amides is 1. The summed E-state index contributed by atoms with van der Waals surface area (Å²) in [5, 5.41) is 3.28. The molecule has 1 amide bonds. The maximum Gasteiger partial charge on any atom is 0.272 e. The van der Waals surface area contributed by atoms with Gasteiger partial charge in [-0.2, -0.15) is 0 Å². The molecule has 1 heterocycles. The Bertz CT molecular complexity index is 621. The second-order valence-electron chi connectivity index (χ2n) is 6.24. The molecule has 4 nitrogen and oxygen atoms in total. The zero-order valence-corrected chi connectivity index (χ0v) is 14.3. The Hall–Kier alpha value is -2.36. The fraction of sp³-hybridized carbons (Fsp3) is 0.368. The molecule has 0 saturated heterocycles. The molecule has 122 valence electrons. The third kappa shape index (κ3) is 4.81. The number of pyridine rings is 1. The summed E-state index contributed by atoms with van der Waals surface area (Å²) < 4.78 is 0. The highest BCUT2D eigenvalue weighted by atomic mass is 16.2. The van der Waals surface area contributed by atoms with Gasteiger partial charge in [0.25, 0.3) is 5.91 Å². The van der Waals surface area contributed by atoms with Crippen LogP contribution < -0.4 is 5.32 Å². The number of hydrogen-bond donors (Lipinski definition) is 1. The van der Waals surface area contributed by atoms with E-state index >= 15 is 0 Å². The van der Waals surface area contributed by atoms with Gasteiger partial charge in [0, 0.05) is 18.6 Å². The predicted octanol–water partition coefficient (Wildman–Crippen LogP) is 3.95. The Morgan fingerprint density at radius 3 is 2.30 bits per heavy atom. The molecule has 0 aliphatic heterocycles. The van der Waals surface area contributed by atoms with Crippen molar-refractivity contribution in [2.45, 2.75) is 46.3 Å². The summed E-state index contributed by atoms with van der Waals surface area (Å²) in [6.45, 7) is 8.77. The summed E-state index contributed by atoms with van der Waals surface area (Å²) in [5.41, 5.74) is 2.52. The van der Waals surface area contributed by atoms with Gasteiger partial charge in [0.15, 0.2) is 0 Å². The second kappa shape index (κ2) is 7.77. The van der Waals surface area contributed by atoms with Crippen molar-refractivity contribution in [3.8, 4) is 0 Å². The van der Waals surface area contributed by atoms with Crippen LogP contribution in [0, 0.1) is 0 Å². The first-order valence-corrected chi connectivity index (χ1v) is 8.05. The normalized spacial score (nSPS) is 10.9. The molecule has 0 aliphatic rings. The number of carbonyl (C=O) groups excluding carboxylic acids is 1. The summed E-state index contributed by atoms with van der Waals surface area (Å²) in [6.07, 6.45) is 1.72. The molecule has 23 heavy (non-hydrogen) atoms. The van der Waals surface area contributed by atoms with Crippen molar-refractivity contribution in [2.24, 2.45) is 0 Å². The quantitative estimate of drug-likeness (QED) is 0.878. The summed E-state index contributed by atoms with van der Waals surface area (Å²) in [4.78, 5) is 18.9. The predicted molar refractivity (Wildman–Crippen MR) is 94.4 cm³/mol. The lowest BCUT2D eigenvalue weighted by Crippen LogP contribution is -2.36. The number of nitrogens with zero attached hydrogens (tertiary/aromatic N) is 2. The standard InChI is InChI=1S/C19H25N3O/c1-14(2)21-17-10-11-18(20-12-17)19(23)22(15(3)4)13-16-8-6-5-7-9-16/h5-12,14-15,21H,13H2,1-4H3. The Kier molecular flexibility index (Phi) is 5.74. The highest BCUT2D eigenvalue weighted by molar-refractivity contribution is 5.92. The van der Waals surface area contributed by atoms with Crippen molar-refractivity contribution in [3.63, 3.8) is 0 Å². The van der Waals surface area contributed by atoms with Crippen LogP contribution in [-0.2, 0) is 6.54 Å². The van der Waals surface area contributed by atoms with E-state index in [0.29, 0.717) is 18.3 Å². The topological polar surface area (TPSA) is 45.2 Å². The molecule has 0 atom stereocenters. The van der Waals surface area contributed by atoms with Crippen LogP contribution in [-0.4, -0.2) is 27.9 Å². The minimum absolute atomic E-state index is 0.0417. The molecule has 0 spiro atoms. The van der Waals surface area contributed by atoms with E-state index < -0.39 is 0 Å². The first-order valence-electron chi connectivity index (χ1n) is 8.05. The van der Waals surface area contributed by atoms with Gasteiger partial charge in [-0.3, -0.25) is 4.79 Å². The molecule has 2 rings (SSSR count). The maximum atomic E-state index is 12.8. The molecular formula is C19H25N3O. The average molecular weight is 311 g/mol. The van der Waals surface area contributed by atoms with Crippen molar-refractivity contribution in [3.05, 3.63) is 59.9 Å². The van der Waals surface area contributed by atoms with Gasteiger partial charge in [-0.05, 0) is 45.4 Å². The van der Waals surface area contributed by atoms with Crippen molar-refractivity contribution in [1.82, 2.24) is 9.88 Å². The van der Waals surface area contributed by atoms with E-state index in [1.165, 1.54) is 0 Å². The first kappa shape index (κ1) is 17.0. The molecule has 1 N–H and O–H groups in total. The van der Waals surface area contributed by atoms with E-state index in [1.54, 1.807) is 12.3 Å². The fourth-order valence-corrected chi connectivity index (χ4v) is 2.36. The van der Waals surface area contributed by atoms with Gasteiger partial charge < -0.3 is 10.2 Å². The van der Waals surface area contributed by atoms with Gasteiger partial charge in [0.05, 0.1) is 11.9 Å². The van der Waals surface area contributed by atoms with E-state index in [4.69, 9.17) is 0 Å². The minimum Gasteiger partial charge on any atom is -0.382 e. The smallest absolute Gasteiger partial charge is 0.272 e. The molecule has 0 bridgehead atoms. The van der Waals surface area contributed by atoms with Gasteiger partial charge in [0.1, 0.15) is 5.69 Å². The fourth-order valence-electron chi connectivity index (χ4n) is 2.36. The minimum atomic E-state index is -0.0417. The van der Waals surface area contributed by atoms with Crippen LogP contribution in [0.3, 0.4) is 0 Å². The van der Waals surface area contributed by atoms with Crippen LogP contribution in [0.1, 0.15) is 43.7 Å². The zero-order chi connectivity index (χ0) is 16.8. The van der Waals surface area contributed by atoms with E-state index in [0.717, 1.165) is 11.3 Å². The molecule has 0 aliphatic carbocycles. The van der Waals surface area contributed by atoms with Crippen molar-refractivity contribution < 1.29 is 4.79 Å². The van der Waals surface area contributed by atoms with Gasteiger partial charge >= 0.3 is 0 Å². The number of rotatable bonds is 6. The lowest BCUT2D eigenvalue weighted by Gasteiger charge is -2.26. The summed E-state index contributed by atoms with van der Waals surface area (Å²) in [6, 6.07) is 14.2. The van der Waals surface area contributed by atoms with Crippen LogP contribution in [0.2, 0.25) is 0 Å². The monoisotopic (exact) mass is 311 g/mol. The van der Waals surface area contributed by atoms with E-state index in [1.807, 2.05) is 55.1 Å². The van der Waals surface area contributed by atoms with Crippen molar-refractivity contribution in [1.29, 1.82) is 0 Å². The van der Waals surface area contributed by atoms with Gasteiger partial charge in [-0.25, -0.2) is 4.98 Å². The molecule has 4 heteroatoms. The maximum absolute atomic E-state index is 12.8. The third-order valence-electron chi connectivity index (χ3n) is 3.52. The average Bonchev–Trinajstić information content (AvgIpc) is 2.53. The highest BCUT2D eigenvalue weighted by Crippen LogP contribution is 2.14. The number of carbonyl (C=O) groups is 1. The number of nitrogens with one attached hydrogen (secondary N) is 1. The molecule has 0 saturated carbocycles. The van der Waals surface area contributed by atoms with Gasteiger partial charge in [0.2, 0.25) is 0 Å². The van der Waals surface area contributed by atoms with Gasteiger partial charge in [-0.1, -0.05) is 30.3 Å². The van der Waals surface area contributed by atoms with Crippen LogP contribution >= 0.6 is 0 Å². The molecule has 2 aromatic rings. The Morgan fingerprint density at radius 2 is 1.78 bits per heavy atom. The lowest BCUT2D eigenvalue weighted by atomic mass is 10.1. The third-order valence-corrected chi connectivity index (χ3v) is 3.52. The van der Waals surface area contributed by atoms with Crippen molar-refractivity contribution in [2.75, 3.05) is 5.32 Å². The Labute approximate surface area is 138 Å². The molecule has 0 radical (unpaired) electrons. The van der Waals surface area contributed by atoms with Crippen LogP contribution in [0.15, 0.2) is 48.7 Å². The summed E-state index contributed by atoms with van der Waals surface area (Å²) >= 11 is 0. The van der Waals surface area contributed by atoms with Gasteiger partial charge in [-0.15, -0.1) is 0 Å². The van der Waals surface area contributed by atoms with Crippen LogP contribution in [0.5, 0.6) is 0 Å². The largest absolute Gasteiger partial charge is 0.382 e. The first-order chi connectivity index (χ1) is 11.0. The van der Waals surface area contributed by atoms with E-state index in [-0.39, 0.29) is 11.9 Å². The molecule has 0 unspecified atom stereocenters. The number of hydrogen-bond acceptors (Lipinski definition) is 3. The molecule has 1 aromatic carbocycles. The van der Waals surface area contributed by atoms with Crippen molar-refractivity contribution >= 4 is 11.6 Å². The number of aromatic nitrogens is 1. The number of anilines is 1. The van der Waals surface area contributed by atoms with E-state index in [9.17, 15) is 4.79 Å². The van der Waals surface area contributed by atoms with Crippen LogP contribution in [0.4, 0.5) is 5.69 Å². The molecule has 0 fully saturated rings. The summed E-state index contributed by atoms with van der Waals surface area (Å²) in [5.74, 6) is -0.0417. The Morgan fingerprint density at radius 1 is 1.09 bits per heavy atom. The molecule has 1 aromatic heterocycles. The second-order valence-corrected chi connectivity index (χ2v) is 6.24. The lowest BCUT2D eigenvalue weighted by molar-refractivity contribution is 0.0684. The number of benzene rings is 1. The molecular weight excluding hydrogens is 286 g/mol. The van der Waals surface area contributed by atoms with Crippen LogP contribution in [0.25, 0.3) is 0 Å². The summed E-state index contributed by atoms with van der Waals surface area (Å²) in [7, 11) is 0. The van der Waals surface area contributed by atoms with E-state index in [2.05, 4.69) is 24.1 Å². The highest BCUT2D eigenvalue weighted by Gasteiger charge is 2.20.